The number of rotatable bonds is 4. The minimum Gasteiger partial charge on any atom is -0.368 e. The lowest BCUT2D eigenvalue weighted by Crippen LogP contribution is -2.51. The molecule has 1 atom stereocenters. The topological polar surface area (TPSA) is 55.1 Å². The zero-order chi connectivity index (χ0) is 12.3. The van der Waals surface area contributed by atoms with Crippen molar-refractivity contribution in [2.75, 3.05) is 0 Å². The molecule has 0 saturated carbocycles. The summed E-state index contributed by atoms with van der Waals surface area (Å²) >= 11 is 0. The van der Waals surface area contributed by atoms with E-state index in [0.29, 0.717) is 0 Å². The Morgan fingerprint density at radius 1 is 1.50 bits per heavy atom. The summed E-state index contributed by atoms with van der Waals surface area (Å²) < 4.78 is 13.0. The SMILES string of the molecule is CC(NC(C)(C)C(N)=O)c1cccc(F)c1. The Bertz CT molecular complexity index is 390. The van der Waals surface area contributed by atoms with Gasteiger partial charge in [0.1, 0.15) is 5.82 Å². The van der Waals surface area contributed by atoms with Gasteiger partial charge >= 0.3 is 0 Å². The molecule has 1 aromatic rings. The molecule has 0 aliphatic rings. The van der Waals surface area contributed by atoms with Crippen LogP contribution in [0.2, 0.25) is 0 Å². The first-order valence-electron chi connectivity index (χ1n) is 5.16. The molecule has 1 aromatic carbocycles. The number of carbonyl (C=O) groups excluding carboxylic acids is 1. The molecule has 0 bridgehead atoms. The smallest absolute Gasteiger partial charge is 0.237 e. The number of nitrogens with one attached hydrogen (secondary N) is 1. The van der Waals surface area contributed by atoms with Gasteiger partial charge in [-0.05, 0) is 38.5 Å². The number of primary amides is 1. The Kier molecular flexibility index (Phi) is 3.65. The normalized spacial score (nSPS) is 13.5. The molecule has 16 heavy (non-hydrogen) atoms. The predicted octanol–water partition coefficient (Wildman–Crippen LogP) is 1.74. The zero-order valence-electron chi connectivity index (χ0n) is 9.75. The molecule has 0 fully saturated rings. The first-order chi connectivity index (χ1) is 7.33. The van der Waals surface area contributed by atoms with Gasteiger partial charge in [0, 0.05) is 6.04 Å². The number of amides is 1. The number of halogens is 1. The monoisotopic (exact) mass is 224 g/mol. The summed E-state index contributed by atoms with van der Waals surface area (Å²) in [6, 6.07) is 6.13. The first kappa shape index (κ1) is 12.6. The van der Waals surface area contributed by atoms with E-state index >= 15 is 0 Å². The minimum absolute atomic E-state index is 0.141. The van der Waals surface area contributed by atoms with Crippen molar-refractivity contribution in [1.82, 2.24) is 5.32 Å². The number of hydrogen-bond donors (Lipinski definition) is 2. The number of hydrogen-bond acceptors (Lipinski definition) is 2. The van der Waals surface area contributed by atoms with Gasteiger partial charge in [0.25, 0.3) is 0 Å². The van der Waals surface area contributed by atoms with Crippen molar-refractivity contribution in [3.8, 4) is 0 Å². The quantitative estimate of drug-likeness (QED) is 0.818. The summed E-state index contributed by atoms with van der Waals surface area (Å²) in [5.74, 6) is -0.723. The third kappa shape index (κ3) is 3.03. The summed E-state index contributed by atoms with van der Waals surface area (Å²) in [5, 5.41) is 3.06. The Morgan fingerprint density at radius 2 is 2.12 bits per heavy atom. The van der Waals surface area contributed by atoms with E-state index in [0.717, 1.165) is 5.56 Å². The molecule has 1 unspecified atom stereocenters. The van der Waals surface area contributed by atoms with E-state index in [1.54, 1.807) is 26.0 Å². The maximum atomic E-state index is 13.0. The highest BCUT2D eigenvalue weighted by Gasteiger charge is 2.26. The van der Waals surface area contributed by atoms with Crippen molar-refractivity contribution in [1.29, 1.82) is 0 Å². The van der Waals surface area contributed by atoms with E-state index in [9.17, 15) is 9.18 Å². The van der Waals surface area contributed by atoms with Crippen molar-refractivity contribution in [2.45, 2.75) is 32.4 Å². The largest absolute Gasteiger partial charge is 0.368 e. The molecule has 1 rings (SSSR count). The molecule has 88 valence electrons. The van der Waals surface area contributed by atoms with Crippen molar-refractivity contribution < 1.29 is 9.18 Å². The Hall–Kier alpha value is -1.42. The second-order valence-corrected chi connectivity index (χ2v) is 4.41. The molecular formula is C12H17FN2O. The van der Waals surface area contributed by atoms with Gasteiger partial charge in [-0.3, -0.25) is 10.1 Å². The summed E-state index contributed by atoms with van der Waals surface area (Å²) in [4.78, 5) is 11.1. The Labute approximate surface area is 94.8 Å². The highest BCUT2D eigenvalue weighted by Crippen LogP contribution is 2.17. The molecule has 0 saturated heterocycles. The lowest BCUT2D eigenvalue weighted by atomic mass is 10.0. The lowest BCUT2D eigenvalue weighted by molar-refractivity contribution is -0.123. The highest BCUT2D eigenvalue weighted by atomic mass is 19.1. The predicted molar refractivity (Wildman–Crippen MR) is 61.2 cm³/mol. The fourth-order valence-corrected chi connectivity index (χ4v) is 1.47. The molecule has 1 amide bonds. The van der Waals surface area contributed by atoms with Gasteiger partial charge < -0.3 is 5.73 Å². The molecule has 3 nitrogen and oxygen atoms in total. The van der Waals surface area contributed by atoms with Crippen LogP contribution in [0.1, 0.15) is 32.4 Å². The van der Waals surface area contributed by atoms with Crippen LogP contribution in [-0.2, 0) is 4.79 Å². The van der Waals surface area contributed by atoms with Gasteiger partial charge in [0.15, 0.2) is 0 Å². The van der Waals surface area contributed by atoms with Crippen LogP contribution >= 0.6 is 0 Å². The molecule has 0 radical (unpaired) electrons. The molecule has 4 heteroatoms. The first-order valence-corrected chi connectivity index (χ1v) is 5.16. The van der Waals surface area contributed by atoms with E-state index in [1.807, 2.05) is 6.92 Å². The van der Waals surface area contributed by atoms with Crippen molar-refractivity contribution in [3.63, 3.8) is 0 Å². The maximum Gasteiger partial charge on any atom is 0.237 e. The summed E-state index contributed by atoms with van der Waals surface area (Å²) in [6.07, 6.45) is 0. The Morgan fingerprint density at radius 3 is 2.62 bits per heavy atom. The molecule has 3 N–H and O–H groups in total. The van der Waals surface area contributed by atoms with Crippen LogP contribution < -0.4 is 11.1 Å². The van der Waals surface area contributed by atoms with Crippen molar-refractivity contribution in [2.24, 2.45) is 5.73 Å². The standard InChI is InChI=1S/C12H17FN2O/c1-8(15-12(2,3)11(14)16)9-5-4-6-10(13)7-9/h4-8,15H,1-3H3,(H2,14,16). The van der Waals surface area contributed by atoms with Crippen LogP contribution in [0.15, 0.2) is 24.3 Å². The molecule has 0 aliphatic carbocycles. The highest BCUT2D eigenvalue weighted by molar-refractivity contribution is 5.83. The average Bonchev–Trinajstić information content (AvgIpc) is 2.16. The average molecular weight is 224 g/mol. The van der Waals surface area contributed by atoms with Gasteiger partial charge in [-0.2, -0.15) is 0 Å². The van der Waals surface area contributed by atoms with E-state index in [2.05, 4.69) is 5.32 Å². The van der Waals surface area contributed by atoms with Gasteiger partial charge in [0.2, 0.25) is 5.91 Å². The molecule has 0 spiro atoms. The van der Waals surface area contributed by atoms with Crippen LogP contribution in [0.3, 0.4) is 0 Å². The minimum atomic E-state index is -0.814. The molecular weight excluding hydrogens is 207 g/mol. The second kappa shape index (κ2) is 4.61. The fraction of sp³-hybridized carbons (Fsp3) is 0.417. The maximum absolute atomic E-state index is 13.0. The van der Waals surface area contributed by atoms with Gasteiger partial charge in [0.05, 0.1) is 5.54 Å². The molecule has 0 aliphatic heterocycles. The molecule has 0 aromatic heterocycles. The van der Waals surface area contributed by atoms with E-state index in [4.69, 9.17) is 5.73 Å². The lowest BCUT2D eigenvalue weighted by Gasteiger charge is -2.27. The van der Waals surface area contributed by atoms with Gasteiger partial charge in [-0.15, -0.1) is 0 Å². The summed E-state index contributed by atoms with van der Waals surface area (Å²) in [7, 11) is 0. The third-order valence-corrected chi connectivity index (χ3v) is 2.54. The van der Waals surface area contributed by atoms with Crippen LogP contribution in [-0.4, -0.2) is 11.4 Å². The summed E-state index contributed by atoms with van der Waals surface area (Å²) in [5.41, 5.74) is 5.22. The van der Waals surface area contributed by atoms with E-state index in [-0.39, 0.29) is 11.9 Å². The summed E-state index contributed by atoms with van der Waals surface area (Å²) in [6.45, 7) is 5.26. The van der Waals surface area contributed by atoms with E-state index < -0.39 is 11.4 Å². The van der Waals surface area contributed by atoms with Crippen LogP contribution in [0, 0.1) is 5.82 Å². The van der Waals surface area contributed by atoms with E-state index in [1.165, 1.54) is 12.1 Å². The molecule has 0 heterocycles. The Balaban J connectivity index is 2.80. The van der Waals surface area contributed by atoms with Gasteiger partial charge in [-0.25, -0.2) is 4.39 Å². The van der Waals surface area contributed by atoms with Crippen LogP contribution in [0.4, 0.5) is 4.39 Å². The fourth-order valence-electron chi connectivity index (χ4n) is 1.47. The second-order valence-electron chi connectivity index (χ2n) is 4.41. The van der Waals surface area contributed by atoms with Crippen molar-refractivity contribution >= 4 is 5.91 Å². The number of carbonyl (C=O) groups is 1. The van der Waals surface area contributed by atoms with Gasteiger partial charge in [-0.1, -0.05) is 12.1 Å². The van der Waals surface area contributed by atoms with Crippen LogP contribution in [0.5, 0.6) is 0 Å². The van der Waals surface area contributed by atoms with Crippen LogP contribution in [0.25, 0.3) is 0 Å². The number of benzene rings is 1. The third-order valence-electron chi connectivity index (χ3n) is 2.54. The van der Waals surface area contributed by atoms with Crippen molar-refractivity contribution in [3.05, 3.63) is 35.6 Å². The number of nitrogens with two attached hydrogens (primary N) is 1. The zero-order valence-corrected chi connectivity index (χ0v) is 9.75.